The number of benzene rings is 1. The molecule has 0 aromatic heterocycles. The summed E-state index contributed by atoms with van der Waals surface area (Å²) in [5.41, 5.74) is 3.34. The topological polar surface area (TPSA) is 92.4 Å². The van der Waals surface area contributed by atoms with E-state index in [4.69, 9.17) is 10.9 Å². The number of aliphatic hydroxyl groups excluding tert-OH is 1. The molecule has 0 atom stereocenters. The van der Waals surface area contributed by atoms with Crippen LogP contribution in [0.2, 0.25) is 0 Å². The van der Waals surface area contributed by atoms with Crippen molar-refractivity contribution in [2.75, 3.05) is 11.7 Å². The second-order valence-corrected chi connectivity index (χ2v) is 4.91. The van der Waals surface area contributed by atoms with Gasteiger partial charge in [0, 0.05) is 11.8 Å². The van der Waals surface area contributed by atoms with Crippen molar-refractivity contribution in [3.63, 3.8) is 0 Å². The van der Waals surface area contributed by atoms with Crippen LogP contribution >= 0.6 is 0 Å². The molecule has 1 rings (SSSR count). The summed E-state index contributed by atoms with van der Waals surface area (Å²) in [4.78, 5) is 0.167. The zero-order chi connectivity index (χ0) is 10.8. The van der Waals surface area contributed by atoms with E-state index in [0.717, 1.165) is 6.26 Å². The lowest BCUT2D eigenvalue weighted by Crippen LogP contribution is -2.10. The molecule has 0 saturated heterocycles. The van der Waals surface area contributed by atoms with Gasteiger partial charge in [-0.3, -0.25) is 5.84 Å². The Kier molecular flexibility index (Phi) is 3.10. The first kappa shape index (κ1) is 11.0. The number of sulfone groups is 1. The van der Waals surface area contributed by atoms with Crippen LogP contribution in [-0.4, -0.2) is 19.8 Å². The zero-order valence-corrected chi connectivity index (χ0v) is 8.50. The molecule has 0 aliphatic heterocycles. The maximum Gasteiger partial charge on any atom is 0.175 e. The van der Waals surface area contributed by atoms with E-state index in [1.165, 1.54) is 18.2 Å². The smallest absolute Gasteiger partial charge is 0.175 e. The van der Waals surface area contributed by atoms with Crippen molar-refractivity contribution in [1.82, 2.24) is 0 Å². The summed E-state index contributed by atoms with van der Waals surface area (Å²) in [6, 6.07) is 4.34. The quantitative estimate of drug-likeness (QED) is 0.483. The zero-order valence-electron chi connectivity index (χ0n) is 7.69. The fourth-order valence-corrected chi connectivity index (χ4v) is 1.74. The van der Waals surface area contributed by atoms with Crippen molar-refractivity contribution in [2.45, 2.75) is 11.5 Å². The van der Waals surface area contributed by atoms with Gasteiger partial charge in [0.05, 0.1) is 17.2 Å². The third-order valence-electron chi connectivity index (χ3n) is 1.83. The number of nitrogens with two attached hydrogens (primary N) is 1. The molecule has 6 heteroatoms. The van der Waals surface area contributed by atoms with Crippen LogP contribution in [0.3, 0.4) is 0 Å². The summed E-state index contributed by atoms with van der Waals surface area (Å²) in [5, 5.41) is 8.95. The SMILES string of the molecule is CS(=O)(=O)c1ccc(NN)c(CO)c1. The van der Waals surface area contributed by atoms with E-state index in [1.54, 1.807) is 0 Å². The van der Waals surface area contributed by atoms with Gasteiger partial charge in [0.2, 0.25) is 0 Å². The molecule has 0 radical (unpaired) electrons. The molecule has 0 amide bonds. The molecule has 0 unspecified atom stereocenters. The van der Waals surface area contributed by atoms with Crippen LogP contribution in [0.5, 0.6) is 0 Å². The van der Waals surface area contributed by atoms with Crippen LogP contribution < -0.4 is 11.3 Å². The minimum Gasteiger partial charge on any atom is -0.392 e. The molecule has 5 nitrogen and oxygen atoms in total. The normalized spacial score (nSPS) is 11.4. The number of nitrogens with one attached hydrogen (secondary N) is 1. The number of anilines is 1. The Bertz CT molecular complexity index is 428. The summed E-state index contributed by atoms with van der Waals surface area (Å²) < 4.78 is 22.3. The predicted molar refractivity (Wildman–Crippen MR) is 53.3 cm³/mol. The number of hydrazine groups is 1. The maximum atomic E-state index is 11.2. The Morgan fingerprint density at radius 3 is 2.57 bits per heavy atom. The second-order valence-electron chi connectivity index (χ2n) is 2.89. The van der Waals surface area contributed by atoms with Crippen LogP contribution in [0.25, 0.3) is 0 Å². The number of aliphatic hydroxyl groups is 1. The van der Waals surface area contributed by atoms with Crippen molar-refractivity contribution in [1.29, 1.82) is 0 Å². The lowest BCUT2D eigenvalue weighted by molar-refractivity contribution is 0.282. The van der Waals surface area contributed by atoms with E-state index in [2.05, 4.69) is 5.43 Å². The second kappa shape index (κ2) is 3.95. The van der Waals surface area contributed by atoms with Crippen LogP contribution in [0.4, 0.5) is 5.69 Å². The molecule has 14 heavy (non-hydrogen) atoms. The number of nitrogen functional groups attached to an aromatic ring is 1. The van der Waals surface area contributed by atoms with Crippen molar-refractivity contribution < 1.29 is 13.5 Å². The first-order valence-corrected chi connectivity index (χ1v) is 5.78. The highest BCUT2D eigenvalue weighted by Crippen LogP contribution is 2.19. The predicted octanol–water partition coefficient (Wildman–Crippen LogP) is -0.132. The third-order valence-corrected chi connectivity index (χ3v) is 2.94. The Morgan fingerprint density at radius 1 is 1.50 bits per heavy atom. The summed E-state index contributed by atoms with van der Waals surface area (Å²) in [6.45, 7) is -0.261. The number of rotatable bonds is 3. The van der Waals surface area contributed by atoms with Gasteiger partial charge in [0.15, 0.2) is 9.84 Å². The molecule has 4 N–H and O–H groups in total. The molecule has 0 fully saturated rings. The Morgan fingerprint density at radius 2 is 2.14 bits per heavy atom. The van der Waals surface area contributed by atoms with Crippen molar-refractivity contribution in [2.24, 2.45) is 5.84 Å². The van der Waals surface area contributed by atoms with Gasteiger partial charge in [0.1, 0.15) is 0 Å². The van der Waals surface area contributed by atoms with Crippen molar-refractivity contribution >= 4 is 15.5 Å². The molecule has 1 aromatic rings. The fourth-order valence-electron chi connectivity index (χ4n) is 1.07. The number of hydrogen-bond acceptors (Lipinski definition) is 5. The standard InChI is InChI=1S/C8H12N2O3S/c1-14(12,13)7-2-3-8(10-9)6(4-7)5-11/h2-4,10-11H,5,9H2,1H3. The molecule has 0 aliphatic carbocycles. The van der Waals surface area contributed by atoms with Crippen LogP contribution in [0.15, 0.2) is 23.1 Å². The Hall–Kier alpha value is -1.11. The largest absolute Gasteiger partial charge is 0.392 e. The minimum absolute atomic E-state index is 0.167. The van der Waals surface area contributed by atoms with Gasteiger partial charge in [-0.05, 0) is 18.2 Å². The third kappa shape index (κ3) is 2.22. The van der Waals surface area contributed by atoms with Gasteiger partial charge in [-0.25, -0.2) is 8.42 Å². The van der Waals surface area contributed by atoms with E-state index in [1.807, 2.05) is 0 Å². The highest BCUT2D eigenvalue weighted by molar-refractivity contribution is 7.90. The van der Waals surface area contributed by atoms with Gasteiger partial charge >= 0.3 is 0 Å². The number of hydrogen-bond donors (Lipinski definition) is 3. The van der Waals surface area contributed by atoms with Gasteiger partial charge in [-0.15, -0.1) is 0 Å². The monoisotopic (exact) mass is 216 g/mol. The molecule has 78 valence electrons. The maximum absolute atomic E-state index is 11.2. The molecule has 0 heterocycles. The Labute approximate surface area is 82.4 Å². The van der Waals surface area contributed by atoms with Crippen LogP contribution in [-0.2, 0) is 16.4 Å². The highest BCUT2D eigenvalue weighted by Gasteiger charge is 2.09. The summed E-state index contributed by atoms with van der Waals surface area (Å²) in [6.07, 6.45) is 1.11. The summed E-state index contributed by atoms with van der Waals surface area (Å²) in [7, 11) is -3.24. The Balaban J connectivity index is 3.28. The average molecular weight is 216 g/mol. The van der Waals surface area contributed by atoms with Gasteiger partial charge in [0.25, 0.3) is 0 Å². The van der Waals surface area contributed by atoms with E-state index in [0.29, 0.717) is 11.3 Å². The molecular weight excluding hydrogens is 204 g/mol. The van der Waals surface area contributed by atoms with Gasteiger partial charge in [-0.1, -0.05) is 0 Å². The van der Waals surface area contributed by atoms with E-state index in [9.17, 15) is 8.42 Å². The highest BCUT2D eigenvalue weighted by atomic mass is 32.2. The molecular formula is C8H12N2O3S. The van der Waals surface area contributed by atoms with Gasteiger partial charge in [-0.2, -0.15) is 0 Å². The lowest BCUT2D eigenvalue weighted by Gasteiger charge is -2.07. The lowest BCUT2D eigenvalue weighted by atomic mass is 10.2. The average Bonchev–Trinajstić information content (AvgIpc) is 2.15. The molecule has 0 spiro atoms. The molecule has 1 aromatic carbocycles. The first-order valence-electron chi connectivity index (χ1n) is 3.89. The molecule has 0 saturated carbocycles. The van der Waals surface area contributed by atoms with Gasteiger partial charge < -0.3 is 10.5 Å². The summed E-state index contributed by atoms with van der Waals surface area (Å²) >= 11 is 0. The van der Waals surface area contributed by atoms with E-state index < -0.39 is 9.84 Å². The summed E-state index contributed by atoms with van der Waals surface area (Å²) in [5.74, 6) is 5.17. The van der Waals surface area contributed by atoms with Crippen molar-refractivity contribution in [3.05, 3.63) is 23.8 Å². The first-order chi connectivity index (χ1) is 6.49. The van der Waals surface area contributed by atoms with Crippen LogP contribution in [0, 0.1) is 0 Å². The van der Waals surface area contributed by atoms with Crippen LogP contribution in [0.1, 0.15) is 5.56 Å². The fraction of sp³-hybridized carbons (Fsp3) is 0.250. The van der Waals surface area contributed by atoms with E-state index in [-0.39, 0.29) is 11.5 Å². The van der Waals surface area contributed by atoms with Crippen molar-refractivity contribution in [3.8, 4) is 0 Å². The van der Waals surface area contributed by atoms with E-state index >= 15 is 0 Å². The minimum atomic E-state index is -3.24. The molecule has 0 bridgehead atoms. The molecule has 0 aliphatic rings.